The molecule has 0 unspecified atom stereocenters. The van der Waals surface area contributed by atoms with Gasteiger partial charge in [0.2, 0.25) is 0 Å². The fraction of sp³-hybridized carbons (Fsp3) is 0. The predicted molar refractivity (Wildman–Crippen MR) is 235 cm³/mol. The van der Waals surface area contributed by atoms with Crippen molar-refractivity contribution in [1.29, 1.82) is 5.41 Å². The number of aromatic nitrogens is 2. The Morgan fingerprint density at radius 2 is 1.00 bits per heavy atom. The summed E-state index contributed by atoms with van der Waals surface area (Å²) in [5.41, 5.74) is 8.43. The fourth-order valence-corrected chi connectivity index (χ4v) is 7.97. The summed E-state index contributed by atoms with van der Waals surface area (Å²) in [5, 5.41) is 19.4. The van der Waals surface area contributed by atoms with Crippen LogP contribution in [0.5, 0.6) is 0 Å². The lowest BCUT2D eigenvalue weighted by molar-refractivity contribution is 1.35. The molecule has 0 amide bonds. The van der Waals surface area contributed by atoms with E-state index in [-0.39, 0.29) is 5.84 Å². The van der Waals surface area contributed by atoms with Crippen LogP contribution >= 0.6 is 0 Å². The van der Waals surface area contributed by atoms with Crippen LogP contribution in [0.3, 0.4) is 0 Å². The molecule has 5 heteroatoms. The van der Waals surface area contributed by atoms with Crippen molar-refractivity contribution in [3.63, 3.8) is 0 Å². The minimum Gasteiger partial charge on any atom is -0.282 e. The molecule has 10 rings (SSSR count). The second-order valence-electron chi connectivity index (χ2n) is 13.9. The number of pyridine rings is 2. The van der Waals surface area contributed by atoms with E-state index in [1.54, 1.807) is 0 Å². The van der Waals surface area contributed by atoms with Crippen molar-refractivity contribution in [3.8, 4) is 33.5 Å². The van der Waals surface area contributed by atoms with Gasteiger partial charge >= 0.3 is 0 Å². The van der Waals surface area contributed by atoms with E-state index in [2.05, 4.69) is 144 Å². The highest BCUT2D eigenvalue weighted by Gasteiger charge is 2.15. The summed E-state index contributed by atoms with van der Waals surface area (Å²) < 4.78 is 0. The first-order valence-electron chi connectivity index (χ1n) is 18.5. The van der Waals surface area contributed by atoms with Crippen molar-refractivity contribution in [2.24, 2.45) is 9.98 Å². The molecule has 0 aliphatic rings. The van der Waals surface area contributed by atoms with Crippen molar-refractivity contribution in [3.05, 3.63) is 193 Å². The van der Waals surface area contributed by atoms with Crippen LogP contribution in [-0.4, -0.2) is 28.4 Å². The van der Waals surface area contributed by atoms with E-state index < -0.39 is 0 Å². The van der Waals surface area contributed by atoms with Gasteiger partial charge in [-0.1, -0.05) is 133 Å². The highest BCUT2D eigenvalue weighted by atomic mass is 14.9. The van der Waals surface area contributed by atoms with Gasteiger partial charge in [0.05, 0.1) is 11.2 Å². The fourth-order valence-electron chi connectivity index (χ4n) is 7.97. The molecular formula is C51H33N5. The summed E-state index contributed by atoms with van der Waals surface area (Å²) in [5.74, 6) is 0.508. The number of nitrogens with zero attached hydrogens (tertiary/aromatic N) is 4. The third-order valence-corrected chi connectivity index (χ3v) is 10.7. The second kappa shape index (κ2) is 13.7. The predicted octanol–water partition coefficient (Wildman–Crippen LogP) is 12.7. The highest BCUT2D eigenvalue weighted by Crippen LogP contribution is 2.39. The van der Waals surface area contributed by atoms with Crippen LogP contribution in [0.4, 0.5) is 0 Å². The summed E-state index contributed by atoms with van der Waals surface area (Å²) in [7, 11) is 0. The molecule has 8 aromatic carbocycles. The first-order valence-corrected chi connectivity index (χ1v) is 18.5. The minimum absolute atomic E-state index is 0.123. The SMILES string of the molecule is C=NC(=NC(=N)c1ccccc1)c1cc(-c2ccc(-c3nc4ccccc4c4ccncc34)cc2)cc(-c2ccc3c4ccccc4c4ccccc4c3c2)c1. The first kappa shape index (κ1) is 33.0. The number of aliphatic imine (C=N–C) groups is 2. The van der Waals surface area contributed by atoms with E-state index in [1.165, 1.54) is 32.3 Å². The molecule has 56 heavy (non-hydrogen) atoms. The number of para-hydroxylation sites is 1. The van der Waals surface area contributed by atoms with E-state index in [9.17, 15) is 0 Å². The zero-order valence-corrected chi connectivity index (χ0v) is 30.3. The molecule has 1 N–H and O–H groups in total. The van der Waals surface area contributed by atoms with E-state index in [1.807, 2.05) is 54.9 Å². The number of nitrogens with one attached hydrogen (secondary N) is 1. The lowest BCUT2D eigenvalue weighted by Crippen LogP contribution is -2.04. The maximum absolute atomic E-state index is 8.81. The van der Waals surface area contributed by atoms with E-state index in [0.717, 1.165) is 60.8 Å². The number of hydrogen-bond acceptors (Lipinski definition) is 3. The molecular weight excluding hydrogens is 683 g/mol. The number of rotatable bonds is 5. The molecule has 0 spiro atoms. The standard InChI is InChI=1S/C51H33N5/c1-53-51(56-50(52)34-11-3-2-4-12-34)38-28-36(32-19-21-33(22-20-32)49-47-31-54-26-25-44(47)45-17-9-10-18-48(45)55-49)27-37(29-38)35-23-24-43-41-15-6-5-13-39(41)40-14-7-8-16-42(40)46(43)30-35/h2-31,52H,1H2. The lowest BCUT2D eigenvalue weighted by Gasteiger charge is -2.14. The van der Waals surface area contributed by atoms with Crippen molar-refractivity contribution < 1.29 is 0 Å². The van der Waals surface area contributed by atoms with Gasteiger partial charge in [-0.05, 0) is 103 Å². The van der Waals surface area contributed by atoms with Gasteiger partial charge in [-0.25, -0.2) is 15.0 Å². The van der Waals surface area contributed by atoms with Crippen LogP contribution in [0, 0.1) is 5.41 Å². The molecule has 2 aromatic heterocycles. The Bertz CT molecular complexity index is 3180. The van der Waals surface area contributed by atoms with Gasteiger partial charge in [-0.15, -0.1) is 0 Å². The minimum atomic E-state index is 0.123. The zero-order chi connectivity index (χ0) is 37.6. The van der Waals surface area contributed by atoms with Crippen LogP contribution in [0.15, 0.2) is 192 Å². The largest absolute Gasteiger partial charge is 0.282 e. The van der Waals surface area contributed by atoms with Gasteiger partial charge in [-0.2, -0.15) is 0 Å². The summed E-state index contributed by atoms with van der Waals surface area (Å²) in [6, 6.07) is 58.7. The maximum atomic E-state index is 8.81. The van der Waals surface area contributed by atoms with Gasteiger partial charge in [-0.3, -0.25) is 10.4 Å². The Hall–Kier alpha value is -7.63. The second-order valence-corrected chi connectivity index (χ2v) is 13.9. The van der Waals surface area contributed by atoms with Crippen LogP contribution in [0.1, 0.15) is 11.1 Å². The molecule has 0 fully saturated rings. The third-order valence-electron chi connectivity index (χ3n) is 10.7. The number of amidine groups is 2. The smallest absolute Gasteiger partial charge is 0.161 e. The van der Waals surface area contributed by atoms with E-state index >= 15 is 0 Å². The summed E-state index contributed by atoms with van der Waals surface area (Å²) in [4.78, 5) is 18.6. The van der Waals surface area contributed by atoms with Gasteiger partial charge in [0.1, 0.15) is 0 Å². The molecule has 5 nitrogen and oxygen atoms in total. The molecule has 0 saturated heterocycles. The van der Waals surface area contributed by atoms with Gasteiger partial charge in [0, 0.05) is 39.9 Å². The molecule has 0 aliphatic carbocycles. The Labute approximate surface area is 323 Å². The molecule has 10 aromatic rings. The number of benzene rings is 8. The summed E-state index contributed by atoms with van der Waals surface area (Å²) in [6.45, 7) is 3.90. The third kappa shape index (κ3) is 5.70. The average molecular weight is 716 g/mol. The van der Waals surface area contributed by atoms with E-state index in [0.29, 0.717) is 11.4 Å². The molecule has 0 saturated carbocycles. The van der Waals surface area contributed by atoms with Crippen LogP contribution in [0.25, 0.3) is 87.5 Å². The van der Waals surface area contributed by atoms with Gasteiger partial charge in [0.25, 0.3) is 0 Å². The molecule has 0 atom stereocenters. The number of hydrogen-bond donors (Lipinski definition) is 1. The zero-order valence-electron chi connectivity index (χ0n) is 30.3. The van der Waals surface area contributed by atoms with Crippen LogP contribution in [-0.2, 0) is 0 Å². The Kier molecular flexibility index (Phi) is 8.04. The summed E-state index contributed by atoms with van der Waals surface area (Å²) in [6.07, 6.45) is 3.74. The molecule has 0 radical (unpaired) electrons. The highest BCUT2D eigenvalue weighted by molar-refractivity contribution is 6.26. The van der Waals surface area contributed by atoms with Gasteiger partial charge in [0.15, 0.2) is 11.7 Å². The van der Waals surface area contributed by atoms with Gasteiger partial charge < -0.3 is 0 Å². The topological polar surface area (TPSA) is 74.3 Å². The maximum Gasteiger partial charge on any atom is 0.161 e. The van der Waals surface area contributed by atoms with Crippen molar-refractivity contribution in [2.45, 2.75) is 0 Å². The lowest BCUT2D eigenvalue weighted by atomic mass is 9.90. The Morgan fingerprint density at radius 3 is 1.70 bits per heavy atom. The Morgan fingerprint density at radius 1 is 0.446 bits per heavy atom. The molecule has 2 heterocycles. The first-order chi connectivity index (χ1) is 27.6. The Balaban J connectivity index is 1.14. The molecule has 262 valence electrons. The molecule has 0 bridgehead atoms. The quantitative estimate of drug-likeness (QED) is 0.109. The van der Waals surface area contributed by atoms with Crippen LogP contribution < -0.4 is 0 Å². The van der Waals surface area contributed by atoms with E-state index in [4.69, 9.17) is 15.4 Å². The normalized spacial score (nSPS) is 11.8. The van der Waals surface area contributed by atoms with Crippen LogP contribution in [0.2, 0.25) is 0 Å². The monoisotopic (exact) mass is 715 g/mol. The van der Waals surface area contributed by atoms with Crippen molar-refractivity contribution >= 4 is 72.4 Å². The average Bonchev–Trinajstić information content (AvgIpc) is 3.28. The van der Waals surface area contributed by atoms with Crippen molar-refractivity contribution in [2.75, 3.05) is 0 Å². The van der Waals surface area contributed by atoms with Crippen molar-refractivity contribution in [1.82, 2.24) is 9.97 Å². The molecule has 0 aliphatic heterocycles. The number of fused-ring (bicyclic) bond motifs is 9. The summed E-state index contributed by atoms with van der Waals surface area (Å²) >= 11 is 0.